The van der Waals surface area contributed by atoms with Gasteiger partial charge in [0.1, 0.15) is 0 Å². The summed E-state index contributed by atoms with van der Waals surface area (Å²) in [5, 5.41) is 2.68. The lowest BCUT2D eigenvalue weighted by Crippen LogP contribution is -1.92. The van der Waals surface area contributed by atoms with Crippen molar-refractivity contribution in [2.75, 3.05) is 6.26 Å². The third-order valence-electron chi connectivity index (χ3n) is 4.53. The Morgan fingerprint density at radius 2 is 1.64 bits per heavy atom. The molecule has 0 nitrogen and oxygen atoms in total. The van der Waals surface area contributed by atoms with Crippen LogP contribution in [0.1, 0.15) is 23.6 Å². The largest absolute Gasteiger partial charge is 0.129 e. The fourth-order valence-corrected chi connectivity index (χ4v) is 4.17. The van der Waals surface area contributed by atoms with Gasteiger partial charge < -0.3 is 0 Å². The molecule has 0 aromatic heterocycles. The van der Waals surface area contributed by atoms with Crippen LogP contribution in [0.3, 0.4) is 0 Å². The molecule has 0 unspecified atom stereocenters. The van der Waals surface area contributed by atoms with E-state index in [2.05, 4.69) is 73.8 Å². The van der Waals surface area contributed by atoms with Crippen molar-refractivity contribution in [3.05, 3.63) is 82.9 Å². The summed E-state index contributed by atoms with van der Waals surface area (Å²) in [6.45, 7) is 2.28. The Balaban J connectivity index is 2.08. The van der Waals surface area contributed by atoms with E-state index in [1.54, 1.807) is 0 Å². The van der Waals surface area contributed by atoms with E-state index in [1.165, 1.54) is 43.5 Å². The monoisotopic (exact) mass is 302 g/mol. The molecule has 0 fully saturated rings. The molecule has 1 aliphatic rings. The Morgan fingerprint density at radius 3 is 2.50 bits per heavy atom. The Hall–Kier alpha value is -1.99. The molecule has 1 heteroatoms. The van der Waals surface area contributed by atoms with E-state index in [4.69, 9.17) is 0 Å². The van der Waals surface area contributed by atoms with Crippen molar-refractivity contribution in [3.63, 3.8) is 0 Å². The van der Waals surface area contributed by atoms with E-state index in [9.17, 15) is 0 Å². The van der Waals surface area contributed by atoms with Gasteiger partial charge in [0.25, 0.3) is 0 Å². The van der Waals surface area contributed by atoms with Gasteiger partial charge in [-0.3, -0.25) is 0 Å². The molecule has 22 heavy (non-hydrogen) atoms. The molecule has 0 spiro atoms. The highest BCUT2D eigenvalue weighted by molar-refractivity contribution is 7.98. The fourth-order valence-electron chi connectivity index (χ4n) is 3.55. The van der Waals surface area contributed by atoms with Crippen LogP contribution in [0.25, 0.3) is 16.3 Å². The summed E-state index contributed by atoms with van der Waals surface area (Å²) in [5.41, 5.74) is 7.19. The van der Waals surface area contributed by atoms with Gasteiger partial charge in [-0.05, 0) is 53.1 Å². The van der Waals surface area contributed by atoms with Crippen LogP contribution in [0.15, 0.2) is 71.1 Å². The van der Waals surface area contributed by atoms with Crippen LogP contribution in [-0.4, -0.2) is 6.26 Å². The minimum absolute atomic E-state index is 1.07. The first-order valence-electron chi connectivity index (χ1n) is 7.63. The molecule has 3 aromatic rings. The van der Waals surface area contributed by atoms with E-state index >= 15 is 0 Å². The molecule has 0 heterocycles. The first kappa shape index (κ1) is 13.7. The zero-order chi connectivity index (χ0) is 15.1. The maximum atomic E-state index is 2.28. The predicted molar refractivity (Wildman–Crippen MR) is 97.6 cm³/mol. The first-order valence-corrected chi connectivity index (χ1v) is 8.86. The minimum atomic E-state index is 1.07. The molecular formula is C21H18S. The van der Waals surface area contributed by atoms with Gasteiger partial charge in [-0.1, -0.05) is 60.2 Å². The fraction of sp³-hybridized carbons (Fsp3) is 0.143. The van der Waals surface area contributed by atoms with Gasteiger partial charge in [-0.25, -0.2) is 0 Å². The van der Waals surface area contributed by atoms with Gasteiger partial charge in [0, 0.05) is 10.5 Å². The first-order chi connectivity index (χ1) is 10.8. The van der Waals surface area contributed by atoms with Crippen LogP contribution in [0.5, 0.6) is 0 Å². The summed E-state index contributed by atoms with van der Waals surface area (Å²) in [7, 11) is 0. The second kappa shape index (κ2) is 5.33. The van der Waals surface area contributed by atoms with Crippen molar-refractivity contribution in [1.82, 2.24) is 0 Å². The van der Waals surface area contributed by atoms with Crippen molar-refractivity contribution < 1.29 is 0 Å². The molecule has 108 valence electrons. The predicted octanol–water partition coefficient (Wildman–Crippen LogP) is 5.94. The third-order valence-corrected chi connectivity index (χ3v) is 5.31. The number of thioether (sulfide) groups is 1. The maximum Gasteiger partial charge on any atom is 0.0154 e. The molecule has 0 saturated carbocycles. The topological polar surface area (TPSA) is 0 Å². The summed E-state index contributed by atoms with van der Waals surface area (Å²) < 4.78 is 0. The molecule has 3 aromatic carbocycles. The molecule has 0 atom stereocenters. The Labute approximate surface area is 135 Å². The summed E-state index contributed by atoms with van der Waals surface area (Å²) >= 11 is 1.84. The molecule has 0 N–H and O–H groups in total. The number of fused-ring (bicyclic) bond motifs is 2. The van der Waals surface area contributed by atoms with E-state index < -0.39 is 0 Å². The molecule has 0 bridgehead atoms. The lowest BCUT2D eigenvalue weighted by atomic mass is 9.93. The van der Waals surface area contributed by atoms with E-state index in [-0.39, 0.29) is 0 Å². The van der Waals surface area contributed by atoms with Crippen LogP contribution in [-0.2, 0) is 6.42 Å². The van der Waals surface area contributed by atoms with Gasteiger partial charge >= 0.3 is 0 Å². The quantitative estimate of drug-likeness (QED) is 0.528. The van der Waals surface area contributed by atoms with Crippen LogP contribution in [0.2, 0.25) is 0 Å². The van der Waals surface area contributed by atoms with Gasteiger partial charge in [0.05, 0.1) is 0 Å². The van der Waals surface area contributed by atoms with Crippen LogP contribution < -0.4 is 0 Å². The lowest BCUT2D eigenvalue weighted by Gasteiger charge is -2.15. The van der Waals surface area contributed by atoms with Gasteiger partial charge in [-0.15, -0.1) is 11.8 Å². The minimum Gasteiger partial charge on any atom is -0.129 e. The molecular weight excluding hydrogens is 284 g/mol. The van der Waals surface area contributed by atoms with Crippen LogP contribution in [0, 0.1) is 0 Å². The van der Waals surface area contributed by atoms with Crippen LogP contribution >= 0.6 is 11.8 Å². The van der Waals surface area contributed by atoms with E-state index in [0.29, 0.717) is 0 Å². The highest BCUT2D eigenvalue weighted by Crippen LogP contribution is 2.43. The third kappa shape index (κ3) is 2.00. The highest BCUT2D eigenvalue weighted by atomic mass is 32.2. The maximum absolute atomic E-state index is 2.28. The Bertz CT molecular complexity index is 903. The number of hydrogen-bond acceptors (Lipinski definition) is 1. The Kier molecular flexibility index (Phi) is 3.31. The zero-order valence-corrected chi connectivity index (χ0v) is 13.7. The highest BCUT2D eigenvalue weighted by Gasteiger charge is 2.23. The van der Waals surface area contributed by atoms with Crippen molar-refractivity contribution in [2.45, 2.75) is 18.2 Å². The Morgan fingerprint density at radius 1 is 0.864 bits per heavy atom. The second-order valence-electron chi connectivity index (χ2n) is 5.85. The van der Waals surface area contributed by atoms with Gasteiger partial charge in [0.2, 0.25) is 0 Å². The molecule has 0 amide bonds. The average Bonchev–Trinajstić information content (AvgIpc) is 2.89. The molecule has 0 radical (unpaired) electrons. The number of hydrogen-bond donors (Lipinski definition) is 0. The molecule has 4 rings (SSSR count). The van der Waals surface area contributed by atoms with Crippen molar-refractivity contribution in [1.29, 1.82) is 0 Å². The standard InChI is InChI=1S/C21H18S/c1-14-13-16-8-4-6-10-18(16)20(14)21-17-9-5-3-7-15(17)11-12-19(21)22-2/h3-12H,13H2,1-2H3. The molecule has 1 aliphatic carbocycles. The summed E-state index contributed by atoms with van der Waals surface area (Å²) in [6.07, 6.45) is 3.24. The molecule has 0 saturated heterocycles. The summed E-state index contributed by atoms with van der Waals surface area (Å²) in [6, 6.07) is 22.1. The number of benzene rings is 3. The smallest absolute Gasteiger partial charge is 0.0154 e. The lowest BCUT2D eigenvalue weighted by molar-refractivity contribution is 1.19. The van der Waals surface area contributed by atoms with Gasteiger partial charge in [0.15, 0.2) is 0 Å². The number of rotatable bonds is 2. The second-order valence-corrected chi connectivity index (χ2v) is 6.70. The van der Waals surface area contributed by atoms with E-state index in [1.807, 2.05) is 11.8 Å². The van der Waals surface area contributed by atoms with E-state index in [0.717, 1.165) is 6.42 Å². The van der Waals surface area contributed by atoms with Crippen LogP contribution in [0.4, 0.5) is 0 Å². The molecule has 0 aliphatic heterocycles. The van der Waals surface area contributed by atoms with Gasteiger partial charge in [-0.2, -0.15) is 0 Å². The number of allylic oxidation sites excluding steroid dienone is 1. The van der Waals surface area contributed by atoms with Crippen molar-refractivity contribution >= 4 is 28.1 Å². The van der Waals surface area contributed by atoms with Crippen molar-refractivity contribution in [3.8, 4) is 0 Å². The zero-order valence-electron chi connectivity index (χ0n) is 12.9. The normalized spacial score (nSPS) is 13.7. The SMILES string of the molecule is CSc1ccc2ccccc2c1C1=C(C)Cc2ccccc21. The summed E-state index contributed by atoms with van der Waals surface area (Å²) in [5.74, 6) is 0. The summed E-state index contributed by atoms with van der Waals surface area (Å²) in [4.78, 5) is 1.37. The van der Waals surface area contributed by atoms with Crippen molar-refractivity contribution in [2.24, 2.45) is 0 Å². The average molecular weight is 302 g/mol.